The predicted molar refractivity (Wildman–Crippen MR) is 230 cm³/mol. The van der Waals surface area contributed by atoms with Crippen LogP contribution in [0.1, 0.15) is 129 Å². The number of ether oxygens (including phenoxy) is 3. The number of nitrogens with zero attached hydrogens (tertiary/aromatic N) is 1. The first-order chi connectivity index (χ1) is 28.3. The van der Waals surface area contributed by atoms with Crippen LogP contribution in [0, 0.1) is 28.6 Å². The van der Waals surface area contributed by atoms with Crippen molar-refractivity contribution in [3.63, 3.8) is 0 Å². The van der Waals surface area contributed by atoms with Gasteiger partial charge in [0.2, 0.25) is 5.91 Å². The largest absolute Gasteiger partial charge is 0.497 e. The van der Waals surface area contributed by atoms with Gasteiger partial charge in [-0.15, -0.1) is 0 Å². The molecule has 5 saturated carbocycles. The zero-order valence-corrected chi connectivity index (χ0v) is 35.9. The lowest BCUT2D eigenvalue weighted by Gasteiger charge is -2.58. The molecule has 0 aliphatic heterocycles. The highest BCUT2D eigenvalue weighted by molar-refractivity contribution is 6.10. The van der Waals surface area contributed by atoms with E-state index in [1.807, 2.05) is 48.5 Å². The lowest BCUT2D eigenvalue weighted by atomic mass is 9.49. The molecule has 6 bridgehead atoms. The maximum absolute atomic E-state index is 14.9. The summed E-state index contributed by atoms with van der Waals surface area (Å²) in [7, 11) is 4.85. The number of fused-ring (bicyclic) bond motifs is 8. The second-order valence-corrected chi connectivity index (χ2v) is 19.5. The number of ketones is 1. The molecule has 5 fully saturated rings. The number of rotatable bonds is 11. The molecule has 316 valence electrons. The Kier molecular flexibility index (Phi) is 11.8. The summed E-state index contributed by atoms with van der Waals surface area (Å²) in [6.07, 6.45) is 14.0. The molecule has 4 atom stereocenters. The van der Waals surface area contributed by atoms with Crippen molar-refractivity contribution in [2.24, 2.45) is 28.6 Å². The minimum atomic E-state index is -1.21. The van der Waals surface area contributed by atoms with Crippen molar-refractivity contribution >= 4 is 11.7 Å². The number of benzene rings is 3. The third-order valence-corrected chi connectivity index (χ3v) is 15.6. The Morgan fingerprint density at radius 1 is 0.814 bits per heavy atom. The van der Waals surface area contributed by atoms with Gasteiger partial charge in [-0.2, -0.15) is 0 Å². The Morgan fingerprint density at radius 3 is 2.17 bits per heavy atom. The quantitative estimate of drug-likeness (QED) is 0.147. The Bertz CT molecular complexity index is 2020. The zero-order chi connectivity index (χ0) is 41.5. The molecule has 0 aromatic heterocycles. The number of methoxy groups -OCH3 is 3. The van der Waals surface area contributed by atoms with Crippen LogP contribution in [0.3, 0.4) is 0 Å². The molecule has 3 aromatic rings. The highest BCUT2D eigenvalue weighted by atomic mass is 16.5. The van der Waals surface area contributed by atoms with E-state index < -0.39 is 17.1 Å². The average molecular weight is 804 g/mol. The SMILES string of the molecule is COc1ccc(C(=O)c2cc3ccc2[C@@H]2CC[C@@](O)(CN(CC45CC6CC(CC(C6)C4)C5)C(=O)Cc4ccc(OC)c(OC)c4)[C@@]2(C)CCC=C(C)CC[C@H](O)C3)cc1. The maximum atomic E-state index is 14.9. The van der Waals surface area contributed by atoms with E-state index in [4.69, 9.17) is 14.2 Å². The summed E-state index contributed by atoms with van der Waals surface area (Å²) in [5.41, 5.74) is 3.37. The minimum Gasteiger partial charge on any atom is -0.497 e. The van der Waals surface area contributed by atoms with Crippen LogP contribution >= 0.6 is 0 Å². The average Bonchev–Trinajstić information content (AvgIpc) is 3.47. The third-order valence-electron chi connectivity index (χ3n) is 15.6. The Morgan fingerprint density at radius 2 is 1.51 bits per heavy atom. The summed E-state index contributed by atoms with van der Waals surface area (Å²) in [4.78, 5) is 31.6. The monoisotopic (exact) mass is 803 g/mol. The Balaban J connectivity index is 1.18. The van der Waals surface area contributed by atoms with Crippen molar-refractivity contribution in [2.45, 2.75) is 121 Å². The predicted octanol–water partition coefficient (Wildman–Crippen LogP) is 9.27. The van der Waals surface area contributed by atoms with Crippen molar-refractivity contribution in [1.29, 1.82) is 0 Å². The number of hydrogen-bond acceptors (Lipinski definition) is 7. The van der Waals surface area contributed by atoms with E-state index in [2.05, 4.69) is 37.0 Å². The van der Waals surface area contributed by atoms with Crippen molar-refractivity contribution in [2.75, 3.05) is 34.4 Å². The minimum absolute atomic E-state index is 0.0309. The molecule has 10 rings (SSSR count). The van der Waals surface area contributed by atoms with Crippen molar-refractivity contribution in [3.8, 4) is 17.2 Å². The Labute approximate surface area is 351 Å². The molecule has 0 spiro atoms. The van der Waals surface area contributed by atoms with E-state index in [9.17, 15) is 19.8 Å². The van der Waals surface area contributed by atoms with Gasteiger partial charge in [-0.05, 0) is 179 Å². The summed E-state index contributed by atoms with van der Waals surface area (Å²) in [5.74, 6) is 3.93. The van der Waals surface area contributed by atoms with Gasteiger partial charge in [-0.3, -0.25) is 9.59 Å². The molecular weight excluding hydrogens is 739 g/mol. The second-order valence-electron chi connectivity index (χ2n) is 19.5. The van der Waals surface area contributed by atoms with Gasteiger partial charge in [-0.1, -0.05) is 36.8 Å². The van der Waals surface area contributed by atoms with Crippen LogP contribution in [0.2, 0.25) is 0 Å². The number of aliphatic hydroxyl groups excluding tert-OH is 1. The first-order valence-corrected chi connectivity index (χ1v) is 22.2. The summed E-state index contributed by atoms with van der Waals surface area (Å²) in [6, 6.07) is 19.1. The number of allylic oxidation sites excluding steroid dienone is 2. The van der Waals surface area contributed by atoms with Gasteiger partial charge in [0, 0.05) is 29.6 Å². The topological polar surface area (TPSA) is 106 Å². The zero-order valence-electron chi connectivity index (χ0n) is 35.9. The van der Waals surface area contributed by atoms with Crippen LogP contribution in [0.4, 0.5) is 0 Å². The molecule has 7 aliphatic rings. The Hall–Kier alpha value is -4.14. The van der Waals surface area contributed by atoms with Crippen LogP contribution < -0.4 is 14.2 Å². The number of aliphatic hydroxyl groups is 2. The number of carbonyl (C=O) groups excluding carboxylic acids is 2. The van der Waals surface area contributed by atoms with Gasteiger partial charge in [0.15, 0.2) is 17.3 Å². The van der Waals surface area contributed by atoms with Gasteiger partial charge in [0.05, 0.1) is 39.5 Å². The molecule has 2 N–H and O–H groups in total. The van der Waals surface area contributed by atoms with Crippen molar-refractivity contribution in [1.82, 2.24) is 4.90 Å². The molecule has 3 aromatic carbocycles. The van der Waals surface area contributed by atoms with Gasteiger partial charge >= 0.3 is 0 Å². The van der Waals surface area contributed by atoms with Crippen molar-refractivity contribution < 1.29 is 34.0 Å². The normalized spacial score (nSPS) is 31.2. The van der Waals surface area contributed by atoms with Crippen LogP contribution in [-0.2, 0) is 17.6 Å². The summed E-state index contributed by atoms with van der Waals surface area (Å²) < 4.78 is 16.5. The number of carbonyl (C=O) groups is 2. The van der Waals surface area contributed by atoms with Gasteiger partial charge < -0.3 is 29.3 Å². The van der Waals surface area contributed by atoms with Crippen molar-refractivity contribution in [3.05, 3.63) is 100 Å². The maximum Gasteiger partial charge on any atom is 0.227 e. The second kappa shape index (κ2) is 16.7. The van der Waals surface area contributed by atoms with Crippen LogP contribution in [-0.4, -0.2) is 72.9 Å². The summed E-state index contributed by atoms with van der Waals surface area (Å²) in [5, 5.41) is 24.6. The standard InChI is InChI=1S/C51H65NO7/c1-33-7-6-19-49(2)44(42-16-9-34(24-40(53)13-8-33)25-43(42)48(55)39-11-14-41(57-3)15-12-39)18-20-51(49,56)32-52(31-50-28-36-21-37(29-50)23-38(22-36)30-50)47(54)27-35-10-17-45(58-4)46(26-35)59-5/h7,9-12,14-17,25-26,36-38,40,44,53,56H,6,8,13,18-24,27-32H2,1-5H3/t36?,37?,38?,40-,44-,49-,50?,51+/m0/s1. The van der Waals surface area contributed by atoms with E-state index in [1.165, 1.54) is 44.1 Å². The molecule has 0 radical (unpaired) electrons. The molecule has 0 saturated heterocycles. The molecule has 0 unspecified atom stereocenters. The third kappa shape index (κ3) is 8.33. The number of hydrogen-bond donors (Lipinski definition) is 2. The molecule has 8 heteroatoms. The van der Waals surface area contributed by atoms with Crippen LogP contribution in [0.5, 0.6) is 17.2 Å². The van der Waals surface area contributed by atoms with Crippen LogP contribution in [0.25, 0.3) is 0 Å². The highest BCUT2D eigenvalue weighted by Gasteiger charge is 2.59. The van der Waals surface area contributed by atoms with E-state index in [-0.39, 0.29) is 36.0 Å². The summed E-state index contributed by atoms with van der Waals surface area (Å²) in [6.45, 7) is 5.28. The van der Waals surface area contributed by atoms with Gasteiger partial charge in [0.25, 0.3) is 0 Å². The lowest BCUT2D eigenvalue weighted by Crippen LogP contribution is -2.58. The van der Waals surface area contributed by atoms with E-state index in [0.717, 1.165) is 47.3 Å². The van der Waals surface area contributed by atoms with Gasteiger partial charge in [0.1, 0.15) is 5.75 Å². The summed E-state index contributed by atoms with van der Waals surface area (Å²) >= 11 is 0. The van der Waals surface area contributed by atoms with E-state index in [0.29, 0.717) is 67.0 Å². The molecule has 8 nitrogen and oxygen atoms in total. The molecule has 1 amide bonds. The molecule has 59 heavy (non-hydrogen) atoms. The molecular formula is C51H65NO7. The first-order valence-electron chi connectivity index (χ1n) is 22.2. The fourth-order valence-corrected chi connectivity index (χ4v) is 12.8. The molecule has 7 aliphatic carbocycles. The van der Waals surface area contributed by atoms with E-state index >= 15 is 0 Å². The van der Waals surface area contributed by atoms with E-state index in [1.54, 1.807) is 21.3 Å². The van der Waals surface area contributed by atoms with Crippen LogP contribution in [0.15, 0.2) is 72.3 Å². The fraction of sp³-hybridized carbons (Fsp3) is 0.569. The smallest absolute Gasteiger partial charge is 0.227 e. The fourth-order valence-electron chi connectivity index (χ4n) is 12.8. The first kappa shape index (κ1) is 41.6. The number of amides is 1. The lowest BCUT2D eigenvalue weighted by molar-refractivity contribution is -0.148. The van der Waals surface area contributed by atoms with Gasteiger partial charge in [-0.25, -0.2) is 0 Å². The highest BCUT2D eigenvalue weighted by Crippen LogP contribution is 2.62. The molecule has 0 heterocycles.